The summed E-state index contributed by atoms with van der Waals surface area (Å²) >= 11 is 1.57. The molecule has 28 heavy (non-hydrogen) atoms. The van der Waals surface area contributed by atoms with E-state index in [0.29, 0.717) is 23.5 Å². The average molecular weight is 392 g/mol. The number of fused-ring (bicyclic) bond motifs is 3. The van der Waals surface area contributed by atoms with Crippen LogP contribution >= 0.6 is 11.3 Å². The van der Waals surface area contributed by atoms with Crippen molar-refractivity contribution in [3.05, 3.63) is 64.7 Å². The van der Waals surface area contributed by atoms with Crippen LogP contribution in [0.25, 0.3) is 20.3 Å². The lowest BCUT2D eigenvalue weighted by atomic mass is 10.2. The molecular formula is C21H20N4O2S. The Morgan fingerprint density at radius 1 is 1.04 bits per heavy atom. The van der Waals surface area contributed by atoms with Crippen LogP contribution in [0.4, 0.5) is 5.69 Å². The Bertz CT molecular complexity index is 1210. The first-order valence-electron chi connectivity index (χ1n) is 9.35. The van der Waals surface area contributed by atoms with Crippen LogP contribution in [0.3, 0.4) is 0 Å². The molecule has 0 radical (unpaired) electrons. The minimum atomic E-state index is -0.0645. The van der Waals surface area contributed by atoms with E-state index >= 15 is 0 Å². The second-order valence-electron chi connectivity index (χ2n) is 7.04. The third kappa shape index (κ3) is 3.02. The largest absolute Gasteiger partial charge is 0.506 e. The molecule has 4 aromatic rings. The van der Waals surface area contributed by atoms with Crippen LogP contribution in [0.15, 0.2) is 53.3 Å². The van der Waals surface area contributed by atoms with Crippen molar-refractivity contribution in [3.63, 3.8) is 0 Å². The summed E-state index contributed by atoms with van der Waals surface area (Å²) in [4.78, 5) is 25.6. The quantitative estimate of drug-likeness (QED) is 0.560. The molecule has 0 aliphatic carbocycles. The van der Waals surface area contributed by atoms with E-state index in [1.54, 1.807) is 17.4 Å². The fourth-order valence-corrected chi connectivity index (χ4v) is 4.94. The molecule has 1 fully saturated rings. The number of piperazine rings is 1. The Kier molecular flexibility index (Phi) is 4.26. The van der Waals surface area contributed by atoms with Gasteiger partial charge in [-0.25, -0.2) is 4.98 Å². The van der Waals surface area contributed by atoms with Gasteiger partial charge in [0, 0.05) is 36.3 Å². The molecule has 0 spiro atoms. The highest BCUT2D eigenvalue weighted by Crippen LogP contribution is 2.30. The molecule has 1 aliphatic rings. The Balaban J connectivity index is 1.34. The number of aromatic amines is 1. The van der Waals surface area contributed by atoms with Gasteiger partial charge in [0.05, 0.1) is 17.6 Å². The van der Waals surface area contributed by atoms with E-state index in [-0.39, 0.29) is 5.56 Å². The normalized spacial score (nSPS) is 15.5. The van der Waals surface area contributed by atoms with Crippen LogP contribution < -0.4 is 10.5 Å². The number of anilines is 1. The molecule has 2 aromatic carbocycles. The van der Waals surface area contributed by atoms with Crippen molar-refractivity contribution in [1.29, 1.82) is 0 Å². The number of phenols is 1. The van der Waals surface area contributed by atoms with E-state index < -0.39 is 0 Å². The van der Waals surface area contributed by atoms with Gasteiger partial charge in [0.25, 0.3) is 5.56 Å². The Labute approximate surface area is 165 Å². The number of para-hydroxylation sites is 2. The maximum absolute atomic E-state index is 12.6. The van der Waals surface area contributed by atoms with Gasteiger partial charge in [0.15, 0.2) is 0 Å². The van der Waals surface area contributed by atoms with Gasteiger partial charge in [-0.2, -0.15) is 0 Å². The third-order valence-electron chi connectivity index (χ3n) is 5.27. The molecule has 7 heteroatoms. The van der Waals surface area contributed by atoms with Gasteiger partial charge >= 0.3 is 0 Å². The number of nitrogens with one attached hydrogen (secondary N) is 1. The summed E-state index contributed by atoms with van der Waals surface area (Å²) in [7, 11) is 0. The van der Waals surface area contributed by atoms with E-state index in [9.17, 15) is 9.90 Å². The highest BCUT2D eigenvalue weighted by atomic mass is 32.1. The molecule has 2 aromatic heterocycles. The van der Waals surface area contributed by atoms with Crippen molar-refractivity contribution in [2.75, 3.05) is 31.1 Å². The molecule has 142 valence electrons. The van der Waals surface area contributed by atoms with Crippen molar-refractivity contribution in [2.24, 2.45) is 0 Å². The Hall–Kier alpha value is -2.90. The molecule has 1 saturated heterocycles. The lowest BCUT2D eigenvalue weighted by Crippen LogP contribution is -2.46. The number of hydrogen-bond acceptors (Lipinski definition) is 6. The van der Waals surface area contributed by atoms with Gasteiger partial charge in [0.2, 0.25) is 0 Å². The summed E-state index contributed by atoms with van der Waals surface area (Å²) in [6.07, 6.45) is 0. The zero-order valence-electron chi connectivity index (χ0n) is 15.3. The highest BCUT2D eigenvalue weighted by molar-refractivity contribution is 7.25. The number of rotatable bonds is 3. The summed E-state index contributed by atoms with van der Waals surface area (Å²) < 4.78 is 1.09. The summed E-state index contributed by atoms with van der Waals surface area (Å²) in [6.45, 7) is 3.97. The second kappa shape index (κ2) is 6.92. The molecule has 6 nitrogen and oxygen atoms in total. The van der Waals surface area contributed by atoms with Gasteiger partial charge in [-0.1, -0.05) is 30.3 Å². The molecule has 0 saturated carbocycles. The molecule has 5 rings (SSSR count). The minimum absolute atomic E-state index is 0.0645. The van der Waals surface area contributed by atoms with Crippen LogP contribution in [0, 0.1) is 0 Å². The van der Waals surface area contributed by atoms with Gasteiger partial charge in [-0.05, 0) is 18.2 Å². The summed E-state index contributed by atoms with van der Waals surface area (Å²) in [5.41, 5.74) is 0.811. The van der Waals surface area contributed by atoms with E-state index in [4.69, 9.17) is 4.98 Å². The molecule has 3 heterocycles. The number of nitrogens with zero attached hydrogens (tertiary/aromatic N) is 3. The number of H-pyrrole nitrogens is 1. The van der Waals surface area contributed by atoms with Gasteiger partial charge < -0.3 is 15.0 Å². The topological polar surface area (TPSA) is 72.5 Å². The zero-order chi connectivity index (χ0) is 19.1. The average Bonchev–Trinajstić information content (AvgIpc) is 3.08. The fraction of sp³-hybridized carbons (Fsp3) is 0.238. The molecular weight excluding hydrogens is 372 g/mol. The van der Waals surface area contributed by atoms with E-state index in [1.807, 2.05) is 42.5 Å². The number of aromatic nitrogens is 2. The minimum Gasteiger partial charge on any atom is -0.506 e. The van der Waals surface area contributed by atoms with Gasteiger partial charge in [0.1, 0.15) is 16.4 Å². The van der Waals surface area contributed by atoms with Crippen molar-refractivity contribution in [2.45, 2.75) is 6.54 Å². The molecule has 0 bridgehead atoms. The smallest absolute Gasteiger partial charge is 0.260 e. The fourth-order valence-electron chi connectivity index (χ4n) is 3.84. The standard InChI is InChI=1S/C21H20N4O2S/c26-16-7-3-2-6-15(16)25-11-9-24(10-12-25)13-18-22-20(27)19-14-5-1-4-8-17(14)28-21(19)23-18/h1-8,26H,9-13H2,(H,22,23,27). The Morgan fingerprint density at radius 3 is 2.61 bits per heavy atom. The van der Waals surface area contributed by atoms with Crippen molar-refractivity contribution in [1.82, 2.24) is 14.9 Å². The van der Waals surface area contributed by atoms with Crippen LogP contribution in [-0.4, -0.2) is 46.2 Å². The molecule has 2 N–H and O–H groups in total. The number of aromatic hydroxyl groups is 1. The van der Waals surface area contributed by atoms with Gasteiger partial charge in [-0.3, -0.25) is 9.69 Å². The van der Waals surface area contributed by atoms with Crippen LogP contribution in [0.1, 0.15) is 5.82 Å². The van der Waals surface area contributed by atoms with Gasteiger partial charge in [-0.15, -0.1) is 11.3 Å². The van der Waals surface area contributed by atoms with Crippen molar-refractivity contribution < 1.29 is 5.11 Å². The SMILES string of the molecule is O=c1[nH]c(CN2CCN(c3ccccc3O)CC2)nc2sc3ccccc3c12. The highest BCUT2D eigenvalue weighted by Gasteiger charge is 2.20. The monoisotopic (exact) mass is 392 g/mol. The predicted molar refractivity (Wildman–Crippen MR) is 113 cm³/mol. The van der Waals surface area contributed by atoms with Crippen LogP contribution in [0.2, 0.25) is 0 Å². The summed E-state index contributed by atoms with van der Waals surface area (Å²) in [5, 5.41) is 11.7. The maximum atomic E-state index is 12.6. The van der Waals surface area contributed by atoms with E-state index in [0.717, 1.165) is 46.8 Å². The number of thiophene rings is 1. The number of benzene rings is 2. The van der Waals surface area contributed by atoms with Crippen molar-refractivity contribution >= 4 is 37.3 Å². The molecule has 0 atom stereocenters. The zero-order valence-corrected chi connectivity index (χ0v) is 16.1. The summed E-state index contributed by atoms with van der Waals surface area (Å²) in [6, 6.07) is 15.4. The predicted octanol–water partition coefficient (Wildman–Crippen LogP) is 3.17. The first-order chi connectivity index (χ1) is 13.7. The van der Waals surface area contributed by atoms with Crippen LogP contribution in [0.5, 0.6) is 5.75 Å². The first kappa shape index (κ1) is 17.2. The molecule has 0 amide bonds. The van der Waals surface area contributed by atoms with E-state index in [1.165, 1.54) is 0 Å². The second-order valence-corrected chi connectivity index (χ2v) is 8.07. The third-order valence-corrected chi connectivity index (χ3v) is 6.33. The van der Waals surface area contributed by atoms with Crippen molar-refractivity contribution in [3.8, 4) is 5.75 Å². The number of hydrogen-bond donors (Lipinski definition) is 2. The lowest BCUT2D eigenvalue weighted by molar-refractivity contribution is 0.243. The number of phenolic OH excluding ortho intramolecular Hbond substituents is 1. The molecule has 0 unspecified atom stereocenters. The van der Waals surface area contributed by atoms with E-state index in [2.05, 4.69) is 14.8 Å². The maximum Gasteiger partial charge on any atom is 0.260 e. The molecule has 1 aliphatic heterocycles. The first-order valence-corrected chi connectivity index (χ1v) is 10.2. The summed E-state index contributed by atoms with van der Waals surface area (Å²) in [5.74, 6) is 1.03. The lowest BCUT2D eigenvalue weighted by Gasteiger charge is -2.36. The van der Waals surface area contributed by atoms with Crippen LogP contribution in [-0.2, 0) is 6.54 Å². The Morgan fingerprint density at radius 2 is 1.79 bits per heavy atom.